The van der Waals surface area contributed by atoms with Gasteiger partial charge in [-0.2, -0.15) is 0 Å². The zero-order chi connectivity index (χ0) is 18.5. The van der Waals surface area contributed by atoms with Crippen molar-refractivity contribution in [2.24, 2.45) is 11.8 Å². The molecule has 140 valence electrons. The van der Waals surface area contributed by atoms with Gasteiger partial charge in [-0.3, -0.25) is 4.79 Å². The molecular weight excluding hydrogens is 408 g/mol. The maximum Gasteiger partial charge on any atom is 0.251 e. The second-order valence-corrected chi connectivity index (χ2v) is 9.32. The molecular formula is C21H27BrN2OS. The Hall–Kier alpha value is -1.17. The molecule has 1 aromatic carbocycles. The predicted molar refractivity (Wildman–Crippen MR) is 113 cm³/mol. The normalized spacial score (nSPS) is 21.5. The molecule has 3 nitrogen and oxygen atoms in total. The summed E-state index contributed by atoms with van der Waals surface area (Å²) >= 11 is 5.29. The maximum atomic E-state index is 12.3. The second-order valence-electron chi connectivity index (χ2n) is 7.43. The van der Waals surface area contributed by atoms with Crippen LogP contribution in [0.25, 0.3) is 0 Å². The van der Waals surface area contributed by atoms with E-state index in [2.05, 4.69) is 57.8 Å². The topological polar surface area (TPSA) is 32.3 Å². The average Bonchev–Trinajstić information content (AvgIpc) is 3.14. The predicted octanol–water partition coefficient (Wildman–Crippen LogP) is 5.35. The van der Waals surface area contributed by atoms with Gasteiger partial charge in [0.15, 0.2) is 0 Å². The van der Waals surface area contributed by atoms with Gasteiger partial charge in [-0.25, -0.2) is 0 Å². The van der Waals surface area contributed by atoms with E-state index in [0.29, 0.717) is 17.9 Å². The molecule has 0 bridgehead atoms. The van der Waals surface area contributed by atoms with Gasteiger partial charge in [-0.1, -0.05) is 28.1 Å². The summed E-state index contributed by atoms with van der Waals surface area (Å²) in [5.41, 5.74) is 0.721. The second kappa shape index (κ2) is 9.16. The van der Waals surface area contributed by atoms with E-state index >= 15 is 0 Å². The van der Waals surface area contributed by atoms with Gasteiger partial charge in [0.1, 0.15) is 0 Å². The molecule has 1 amide bonds. The van der Waals surface area contributed by atoms with Crippen molar-refractivity contribution in [2.75, 3.05) is 20.6 Å². The van der Waals surface area contributed by atoms with Crippen LogP contribution in [0.1, 0.15) is 47.0 Å². The Labute approximate surface area is 168 Å². The largest absolute Gasteiger partial charge is 0.352 e. The Balaban J connectivity index is 1.50. The minimum atomic E-state index is 0.0261. The van der Waals surface area contributed by atoms with Gasteiger partial charge in [-0.15, -0.1) is 11.3 Å². The summed E-state index contributed by atoms with van der Waals surface area (Å²) in [5.74, 6) is 1.33. The third kappa shape index (κ3) is 4.96. The smallest absolute Gasteiger partial charge is 0.251 e. The van der Waals surface area contributed by atoms with Crippen molar-refractivity contribution in [3.63, 3.8) is 0 Å². The first kappa shape index (κ1) is 19.6. The van der Waals surface area contributed by atoms with Crippen LogP contribution in [0.5, 0.6) is 0 Å². The molecule has 26 heavy (non-hydrogen) atoms. The van der Waals surface area contributed by atoms with E-state index in [-0.39, 0.29) is 5.91 Å². The van der Waals surface area contributed by atoms with E-state index in [1.54, 1.807) is 0 Å². The van der Waals surface area contributed by atoms with Crippen molar-refractivity contribution in [1.29, 1.82) is 0 Å². The van der Waals surface area contributed by atoms with Gasteiger partial charge < -0.3 is 10.2 Å². The molecule has 3 rings (SSSR count). The summed E-state index contributed by atoms with van der Waals surface area (Å²) in [5, 5.41) is 5.30. The lowest BCUT2D eigenvalue weighted by Gasteiger charge is -2.37. The van der Waals surface area contributed by atoms with Crippen LogP contribution in [0.4, 0.5) is 0 Å². The highest BCUT2D eigenvalue weighted by Crippen LogP contribution is 2.40. The number of carbonyl (C=O) groups excluding carboxylic acids is 1. The van der Waals surface area contributed by atoms with Crippen molar-refractivity contribution in [1.82, 2.24) is 10.2 Å². The molecule has 1 atom stereocenters. The van der Waals surface area contributed by atoms with Crippen LogP contribution in [0.3, 0.4) is 0 Å². The first-order valence-electron chi connectivity index (χ1n) is 9.28. The lowest BCUT2D eigenvalue weighted by Crippen LogP contribution is -2.34. The van der Waals surface area contributed by atoms with Crippen LogP contribution < -0.4 is 5.32 Å². The molecule has 1 heterocycles. The third-order valence-corrected chi connectivity index (χ3v) is 6.80. The van der Waals surface area contributed by atoms with Gasteiger partial charge in [0, 0.05) is 27.5 Å². The Kier molecular flexibility index (Phi) is 6.90. The van der Waals surface area contributed by atoms with Gasteiger partial charge in [-0.05, 0) is 81.3 Å². The summed E-state index contributed by atoms with van der Waals surface area (Å²) in [6.45, 7) is 0.781. The Morgan fingerprint density at radius 3 is 2.62 bits per heavy atom. The summed E-state index contributed by atoms with van der Waals surface area (Å²) in [6.07, 6.45) is 4.86. The van der Waals surface area contributed by atoms with E-state index in [0.717, 1.165) is 16.6 Å². The molecule has 1 aliphatic rings. The number of thiophene rings is 1. The van der Waals surface area contributed by atoms with E-state index in [4.69, 9.17) is 0 Å². The fourth-order valence-corrected chi connectivity index (χ4v) is 5.46. The fraction of sp³-hybridized carbons (Fsp3) is 0.476. The lowest BCUT2D eigenvalue weighted by molar-refractivity contribution is 0.0934. The zero-order valence-electron chi connectivity index (χ0n) is 15.5. The quantitative estimate of drug-likeness (QED) is 0.664. The van der Waals surface area contributed by atoms with Crippen LogP contribution in [0, 0.1) is 11.8 Å². The van der Waals surface area contributed by atoms with Gasteiger partial charge >= 0.3 is 0 Å². The number of amides is 1. The maximum absolute atomic E-state index is 12.3. The number of carbonyl (C=O) groups is 1. The third-order valence-electron chi connectivity index (χ3n) is 5.37. The Morgan fingerprint density at radius 1 is 1.23 bits per heavy atom. The average molecular weight is 435 g/mol. The zero-order valence-corrected chi connectivity index (χ0v) is 17.9. The van der Waals surface area contributed by atoms with Crippen LogP contribution >= 0.6 is 27.3 Å². The SMILES string of the molecule is CN(C)C(c1cccs1)C1CCC(CNC(=O)c2cccc(Br)c2)CC1. The number of hydrogen-bond acceptors (Lipinski definition) is 3. The number of halogens is 1. The molecule has 1 unspecified atom stereocenters. The molecule has 1 N–H and O–H groups in total. The van der Waals surface area contributed by atoms with Crippen LogP contribution in [0.2, 0.25) is 0 Å². The number of benzene rings is 1. The van der Waals surface area contributed by atoms with Crippen LogP contribution in [0.15, 0.2) is 46.3 Å². The molecule has 0 aliphatic heterocycles. The molecule has 0 spiro atoms. The van der Waals surface area contributed by atoms with Crippen molar-refractivity contribution in [3.05, 3.63) is 56.7 Å². The lowest BCUT2D eigenvalue weighted by atomic mass is 9.77. The molecule has 1 aliphatic carbocycles. The minimum absolute atomic E-state index is 0.0261. The van der Waals surface area contributed by atoms with E-state index in [1.165, 1.54) is 30.6 Å². The molecule has 0 saturated heterocycles. The standard InChI is InChI=1S/C21H27BrN2OS/c1-24(2)20(19-7-4-12-26-19)16-10-8-15(9-11-16)14-23-21(25)17-5-3-6-18(22)13-17/h3-7,12-13,15-16,20H,8-11,14H2,1-2H3,(H,23,25). The highest BCUT2D eigenvalue weighted by atomic mass is 79.9. The van der Waals surface area contributed by atoms with E-state index < -0.39 is 0 Å². The summed E-state index contributed by atoms with van der Waals surface area (Å²) in [6, 6.07) is 12.5. The number of rotatable bonds is 6. The summed E-state index contributed by atoms with van der Waals surface area (Å²) < 4.78 is 0.939. The summed E-state index contributed by atoms with van der Waals surface area (Å²) in [4.78, 5) is 16.2. The van der Waals surface area contributed by atoms with Crippen molar-refractivity contribution in [2.45, 2.75) is 31.7 Å². The van der Waals surface area contributed by atoms with Crippen LogP contribution in [-0.2, 0) is 0 Å². The number of nitrogens with zero attached hydrogens (tertiary/aromatic N) is 1. The fourth-order valence-electron chi connectivity index (χ4n) is 4.04. The minimum Gasteiger partial charge on any atom is -0.352 e. The molecule has 0 radical (unpaired) electrons. The first-order chi connectivity index (χ1) is 12.5. The highest BCUT2D eigenvalue weighted by molar-refractivity contribution is 9.10. The van der Waals surface area contributed by atoms with E-state index in [1.807, 2.05) is 35.6 Å². The Bertz CT molecular complexity index is 709. The molecule has 1 saturated carbocycles. The molecule has 1 fully saturated rings. The molecule has 1 aromatic heterocycles. The molecule has 5 heteroatoms. The van der Waals surface area contributed by atoms with Gasteiger partial charge in [0.05, 0.1) is 0 Å². The van der Waals surface area contributed by atoms with Gasteiger partial charge in [0.2, 0.25) is 0 Å². The van der Waals surface area contributed by atoms with Crippen molar-refractivity contribution < 1.29 is 4.79 Å². The van der Waals surface area contributed by atoms with Gasteiger partial charge in [0.25, 0.3) is 5.91 Å². The number of hydrogen-bond donors (Lipinski definition) is 1. The van der Waals surface area contributed by atoms with Crippen molar-refractivity contribution in [3.8, 4) is 0 Å². The van der Waals surface area contributed by atoms with Crippen LogP contribution in [-0.4, -0.2) is 31.4 Å². The molecule has 2 aromatic rings. The Morgan fingerprint density at radius 2 is 2.00 bits per heavy atom. The first-order valence-corrected chi connectivity index (χ1v) is 11.0. The van der Waals surface area contributed by atoms with Crippen molar-refractivity contribution >= 4 is 33.2 Å². The monoisotopic (exact) mass is 434 g/mol. The highest BCUT2D eigenvalue weighted by Gasteiger charge is 2.30. The van der Waals surface area contributed by atoms with E-state index in [9.17, 15) is 4.79 Å². The number of nitrogens with one attached hydrogen (secondary N) is 1. The summed E-state index contributed by atoms with van der Waals surface area (Å²) in [7, 11) is 4.38.